The maximum Gasteiger partial charge on any atom is 0.227 e. The summed E-state index contributed by atoms with van der Waals surface area (Å²) >= 11 is 0. The second kappa shape index (κ2) is 9.99. The molecule has 3 aliphatic rings. The predicted octanol–water partition coefficient (Wildman–Crippen LogP) is 3.84. The Morgan fingerprint density at radius 2 is 1.56 bits per heavy atom. The standard InChI is InChI=1S/C26H35N5O/c32-26(30-18-13-23(14-19-30)29-15-5-2-6-16-29)22-10-7-17-31(20-22)25-12-11-24(27-28-25)21-8-3-1-4-9-21/h1,3-4,8-9,11-12,22-23H,2,5-7,10,13-20H2. The summed E-state index contributed by atoms with van der Waals surface area (Å²) in [5, 5.41) is 8.94. The predicted molar refractivity (Wildman–Crippen MR) is 127 cm³/mol. The lowest BCUT2D eigenvalue weighted by molar-refractivity contribution is -0.137. The third-order valence-electron chi connectivity index (χ3n) is 7.50. The monoisotopic (exact) mass is 433 g/mol. The second-order valence-corrected chi connectivity index (χ2v) is 9.58. The van der Waals surface area contributed by atoms with Gasteiger partial charge in [-0.1, -0.05) is 36.8 Å². The highest BCUT2D eigenvalue weighted by atomic mass is 16.2. The number of amides is 1. The zero-order valence-electron chi connectivity index (χ0n) is 19.0. The van der Waals surface area contributed by atoms with Crippen LogP contribution in [-0.4, -0.2) is 71.2 Å². The van der Waals surface area contributed by atoms with Gasteiger partial charge in [-0.2, -0.15) is 0 Å². The van der Waals surface area contributed by atoms with E-state index in [1.807, 2.05) is 42.5 Å². The van der Waals surface area contributed by atoms with Crippen molar-refractivity contribution in [3.05, 3.63) is 42.5 Å². The van der Waals surface area contributed by atoms with E-state index in [9.17, 15) is 4.79 Å². The maximum absolute atomic E-state index is 13.3. The first-order chi connectivity index (χ1) is 15.8. The van der Waals surface area contributed by atoms with Gasteiger partial charge in [-0.25, -0.2) is 0 Å². The molecule has 3 fully saturated rings. The van der Waals surface area contributed by atoms with E-state index in [0.29, 0.717) is 11.9 Å². The van der Waals surface area contributed by atoms with E-state index >= 15 is 0 Å². The number of hydrogen-bond donors (Lipinski definition) is 0. The molecule has 2 aromatic rings. The molecule has 0 radical (unpaired) electrons. The van der Waals surface area contributed by atoms with Crippen LogP contribution in [0.3, 0.4) is 0 Å². The molecule has 32 heavy (non-hydrogen) atoms. The Bertz CT molecular complexity index is 873. The number of carbonyl (C=O) groups is 1. The van der Waals surface area contributed by atoms with Gasteiger partial charge in [0.1, 0.15) is 0 Å². The summed E-state index contributed by atoms with van der Waals surface area (Å²) in [5.41, 5.74) is 1.96. The van der Waals surface area contributed by atoms with Crippen LogP contribution < -0.4 is 4.90 Å². The van der Waals surface area contributed by atoms with E-state index in [4.69, 9.17) is 0 Å². The highest BCUT2D eigenvalue weighted by molar-refractivity contribution is 5.80. The number of anilines is 1. The summed E-state index contributed by atoms with van der Waals surface area (Å²) in [7, 11) is 0. The molecule has 0 bridgehead atoms. The van der Waals surface area contributed by atoms with Crippen molar-refractivity contribution in [2.24, 2.45) is 5.92 Å². The first-order valence-corrected chi connectivity index (χ1v) is 12.4. The van der Waals surface area contributed by atoms with Gasteiger partial charge in [0.15, 0.2) is 5.82 Å². The number of likely N-dealkylation sites (tertiary alicyclic amines) is 2. The van der Waals surface area contributed by atoms with Gasteiger partial charge >= 0.3 is 0 Å². The zero-order valence-corrected chi connectivity index (χ0v) is 19.0. The molecule has 3 saturated heterocycles. The highest BCUT2D eigenvalue weighted by Gasteiger charge is 2.33. The van der Waals surface area contributed by atoms with Gasteiger partial charge in [0, 0.05) is 37.8 Å². The Labute approximate surface area is 191 Å². The van der Waals surface area contributed by atoms with Crippen molar-refractivity contribution in [3.63, 3.8) is 0 Å². The van der Waals surface area contributed by atoms with Crippen LogP contribution >= 0.6 is 0 Å². The SMILES string of the molecule is O=C(C1CCCN(c2ccc(-c3ccccc3)nn2)C1)N1CCC(N2CCCCC2)CC1. The van der Waals surface area contributed by atoms with Crippen LogP contribution in [0, 0.1) is 5.92 Å². The first kappa shape index (κ1) is 21.4. The molecule has 4 heterocycles. The average Bonchev–Trinajstić information content (AvgIpc) is 2.89. The van der Waals surface area contributed by atoms with Crippen molar-refractivity contribution in [1.82, 2.24) is 20.0 Å². The van der Waals surface area contributed by atoms with Crippen LogP contribution in [0.2, 0.25) is 0 Å². The van der Waals surface area contributed by atoms with Crippen LogP contribution in [0.1, 0.15) is 44.9 Å². The molecule has 6 nitrogen and oxygen atoms in total. The van der Waals surface area contributed by atoms with Crippen molar-refractivity contribution >= 4 is 11.7 Å². The van der Waals surface area contributed by atoms with E-state index in [-0.39, 0.29) is 5.92 Å². The topological polar surface area (TPSA) is 52.6 Å². The minimum absolute atomic E-state index is 0.0749. The fourth-order valence-corrected chi connectivity index (χ4v) is 5.64. The maximum atomic E-state index is 13.3. The van der Waals surface area contributed by atoms with Gasteiger partial charge < -0.3 is 14.7 Å². The Hall–Kier alpha value is -2.47. The lowest BCUT2D eigenvalue weighted by Crippen LogP contribution is -2.51. The van der Waals surface area contributed by atoms with Crippen molar-refractivity contribution in [2.75, 3.05) is 44.2 Å². The fraction of sp³-hybridized carbons (Fsp3) is 0.577. The Kier molecular flexibility index (Phi) is 6.67. The molecular formula is C26H35N5O. The third kappa shape index (κ3) is 4.80. The van der Waals surface area contributed by atoms with Crippen molar-refractivity contribution in [3.8, 4) is 11.3 Å². The van der Waals surface area contributed by atoms with Gasteiger partial charge in [0.2, 0.25) is 5.91 Å². The molecule has 1 aromatic heterocycles. The summed E-state index contributed by atoms with van der Waals surface area (Å²) in [6, 6.07) is 14.9. The highest BCUT2D eigenvalue weighted by Crippen LogP contribution is 2.27. The van der Waals surface area contributed by atoms with Crippen LogP contribution in [0.5, 0.6) is 0 Å². The second-order valence-electron chi connectivity index (χ2n) is 9.58. The number of rotatable bonds is 4. The summed E-state index contributed by atoms with van der Waals surface area (Å²) in [6.45, 7) is 6.04. The van der Waals surface area contributed by atoms with Gasteiger partial charge in [0.25, 0.3) is 0 Å². The summed E-state index contributed by atoms with van der Waals surface area (Å²) in [6.07, 6.45) is 8.34. The van der Waals surface area contributed by atoms with Crippen LogP contribution in [0.25, 0.3) is 11.3 Å². The number of piperidine rings is 3. The lowest BCUT2D eigenvalue weighted by atomic mass is 9.94. The molecule has 1 amide bonds. The number of hydrogen-bond acceptors (Lipinski definition) is 5. The minimum atomic E-state index is 0.0749. The zero-order chi connectivity index (χ0) is 21.8. The molecule has 1 unspecified atom stereocenters. The fourth-order valence-electron chi connectivity index (χ4n) is 5.64. The van der Waals surface area contributed by atoms with Gasteiger partial charge in [0.05, 0.1) is 11.6 Å². The lowest BCUT2D eigenvalue weighted by Gasteiger charge is -2.42. The van der Waals surface area contributed by atoms with Crippen molar-refractivity contribution in [2.45, 2.75) is 51.0 Å². The Morgan fingerprint density at radius 3 is 2.28 bits per heavy atom. The van der Waals surface area contributed by atoms with Gasteiger partial charge in [-0.15, -0.1) is 10.2 Å². The van der Waals surface area contributed by atoms with Crippen LogP contribution in [0.4, 0.5) is 5.82 Å². The normalized spacial score (nSPS) is 23.3. The molecule has 3 aliphatic heterocycles. The molecule has 1 aromatic carbocycles. The summed E-state index contributed by atoms with van der Waals surface area (Å²) < 4.78 is 0. The van der Waals surface area contributed by atoms with E-state index in [2.05, 4.69) is 24.9 Å². The van der Waals surface area contributed by atoms with E-state index in [1.165, 1.54) is 32.4 Å². The summed E-state index contributed by atoms with van der Waals surface area (Å²) in [4.78, 5) is 20.4. The number of nitrogens with zero attached hydrogens (tertiary/aromatic N) is 5. The minimum Gasteiger partial charge on any atom is -0.354 e. The summed E-state index contributed by atoms with van der Waals surface area (Å²) in [5.74, 6) is 1.30. The van der Waals surface area contributed by atoms with Crippen molar-refractivity contribution < 1.29 is 4.79 Å². The molecule has 0 saturated carbocycles. The molecule has 1 atom stereocenters. The number of carbonyl (C=O) groups excluding carboxylic acids is 1. The molecular weight excluding hydrogens is 398 g/mol. The third-order valence-corrected chi connectivity index (χ3v) is 7.50. The molecule has 0 N–H and O–H groups in total. The smallest absolute Gasteiger partial charge is 0.227 e. The molecule has 0 spiro atoms. The molecule has 170 valence electrons. The van der Waals surface area contributed by atoms with E-state index in [1.54, 1.807) is 0 Å². The van der Waals surface area contributed by atoms with Crippen molar-refractivity contribution in [1.29, 1.82) is 0 Å². The number of aromatic nitrogens is 2. The van der Waals surface area contributed by atoms with Crippen LogP contribution in [0.15, 0.2) is 42.5 Å². The van der Waals surface area contributed by atoms with E-state index < -0.39 is 0 Å². The number of benzene rings is 1. The largest absolute Gasteiger partial charge is 0.354 e. The van der Waals surface area contributed by atoms with Crippen LogP contribution in [-0.2, 0) is 4.79 Å². The molecule has 5 rings (SSSR count). The Balaban J connectivity index is 1.16. The average molecular weight is 434 g/mol. The van der Waals surface area contributed by atoms with Gasteiger partial charge in [-0.05, 0) is 63.7 Å². The van der Waals surface area contributed by atoms with Gasteiger partial charge in [-0.3, -0.25) is 4.79 Å². The van der Waals surface area contributed by atoms with E-state index in [0.717, 1.165) is 68.9 Å². The first-order valence-electron chi connectivity index (χ1n) is 12.4. The quantitative estimate of drug-likeness (QED) is 0.733. The molecule has 6 heteroatoms. The molecule has 0 aliphatic carbocycles. The Morgan fingerprint density at radius 1 is 0.781 bits per heavy atom.